The van der Waals surface area contributed by atoms with Gasteiger partial charge >= 0.3 is 0 Å². The van der Waals surface area contributed by atoms with Crippen LogP contribution in [0, 0.1) is 0 Å². The molecule has 0 radical (unpaired) electrons. The maximum atomic E-state index is 13.3. The lowest BCUT2D eigenvalue weighted by atomic mass is 9.96. The summed E-state index contributed by atoms with van der Waals surface area (Å²) < 4.78 is 0. The lowest BCUT2D eigenvalue weighted by Gasteiger charge is -2.47. The van der Waals surface area contributed by atoms with E-state index in [1.165, 1.54) is 16.8 Å². The molecular weight excluding hydrogens is 389 g/mol. The molecule has 8 heteroatoms. The molecule has 0 bridgehead atoms. The van der Waals surface area contributed by atoms with Crippen molar-refractivity contribution in [3.05, 3.63) is 58.1 Å². The van der Waals surface area contributed by atoms with Gasteiger partial charge < -0.3 is 10.2 Å². The predicted molar refractivity (Wildman–Crippen MR) is 103 cm³/mol. The number of fused-ring (bicyclic) bond motifs is 3. The van der Waals surface area contributed by atoms with Gasteiger partial charge in [-0.2, -0.15) is 0 Å². The fourth-order valence-electron chi connectivity index (χ4n) is 3.75. The van der Waals surface area contributed by atoms with Crippen LogP contribution in [0.1, 0.15) is 23.2 Å². The number of nitrogens with one attached hydrogen (secondary N) is 1. The van der Waals surface area contributed by atoms with Crippen LogP contribution >= 0.6 is 23.2 Å². The maximum absolute atomic E-state index is 13.3. The molecule has 2 aromatic carbocycles. The largest absolute Gasteiger partial charge is 0.322 e. The van der Waals surface area contributed by atoms with Gasteiger partial charge in [-0.3, -0.25) is 19.3 Å². The zero-order chi connectivity index (χ0) is 19.3. The zero-order valence-electron chi connectivity index (χ0n) is 14.3. The second-order valence-corrected chi connectivity index (χ2v) is 7.41. The van der Waals surface area contributed by atoms with Crippen molar-refractivity contribution in [2.75, 3.05) is 17.3 Å². The summed E-state index contributed by atoms with van der Waals surface area (Å²) in [5.41, 5.74) is -0.273. The summed E-state index contributed by atoms with van der Waals surface area (Å²) >= 11 is 12.1. The van der Waals surface area contributed by atoms with Crippen LogP contribution in [-0.2, 0) is 9.59 Å². The van der Waals surface area contributed by atoms with E-state index in [1.54, 1.807) is 42.5 Å². The number of carbonyl (C=O) groups excluding carboxylic acids is 3. The van der Waals surface area contributed by atoms with E-state index in [0.717, 1.165) is 0 Å². The van der Waals surface area contributed by atoms with E-state index < -0.39 is 11.6 Å². The van der Waals surface area contributed by atoms with Crippen LogP contribution in [0.25, 0.3) is 0 Å². The molecule has 1 N–H and O–H groups in total. The lowest BCUT2D eigenvalue weighted by molar-refractivity contribution is -0.128. The molecule has 1 atom stereocenters. The summed E-state index contributed by atoms with van der Waals surface area (Å²) in [6, 6.07) is 11.4. The first-order valence-electron chi connectivity index (χ1n) is 8.32. The van der Waals surface area contributed by atoms with Gasteiger partial charge in [0.2, 0.25) is 11.6 Å². The summed E-state index contributed by atoms with van der Waals surface area (Å²) in [6.07, 6.45) is 0.332. The SMILES string of the molecule is CN1C(=O)c2ccc(Cl)cc2N2C(=O)CC[C@]12C(=O)Nc1cccc(Cl)c1. The summed E-state index contributed by atoms with van der Waals surface area (Å²) in [5.74, 6) is -1.05. The van der Waals surface area contributed by atoms with E-state index in [0.29, 0.717) is 27.0 Å². The number of carbonyl (C=O) groups is 3. The molecule has 2 aromatic rings. The Bertz CT molecular complexity index is 994. The molecule has 27 heavy (non-hydrogen) atoms. The van der Waals surface area contributed by atoms with Gasteiger partial charge in [-0.05, 0) is 36.4 Å². The van der Waals surface area contributed by atoms with Gasteiger partial charge in [0.1, 0.15) is 0 Å². The van der Waals surface area contributed by atoms with E-state index in [4.69, 9.17) is 23.2 Å². The summed E-state index contributed by atoms with van der Waals surface area (Å²) in [7, 11) is 1.53. The highest BCUT2D eigenvalue weighted by molar-refractivity contribution is 6.32. The molecule has 1 saturated heterocycles. The molecule has 1 fully saturated rings. The molecule has 3 amide bonds. The van der Waals surface area contributed by atoms with Crippen molar-refractivity contribution < 1.29 is 14.4 Å². The molecule has 2 aliphatic rings. The van der Waals surface area contributed by atoms with E-state index in [-0.39, 0.29) is 24.7 Å². The van der Waals surface area contributed by atoms with Crippen molar-refractivity contribution in [1.82, 2.24) is 4.90 Å². The van der Waals surface area contributed by atoms with Gasteiger partial charge in [0.25, 0.3) is 11.8 Å². The Balaban J connectivity index is 1.83. The topological polar surface area (TPSA) is 69.7 Å². The first-order chi connectivity index (χ1) is 12.8. The molecule has 0 unspecified atom stereocenters. The third-order valence-electron chi connectivity index (χ3n) is 5.04. The van der Waals surface area contributed by atoms with Crippen molar-refractivity contribution >= 4 is 52.3 Å². The quantitative estimate of drug-likeness (QED) is 0.833. The highest BCUT2D eigenvalue weighted by Crippen LogP contribution is 2.45. The molecule has 0 saturated carbocycles. The van der Waals surface area contributed by atoms with Crippen LogP contribution in [0.4, 0.5) is 11.4 Å². The molecule has 4 rings (SSSR count). The normalized spacial score (nSPS) is 21.1. The monoisotopic (exact) mass is 403 g/mol. The van der Waals surface area contributed by atoms with Crippen LogP contribution in [0.3, 0.4) is 0 Å². The van der Waals surface area contributed by atoms with Crippen molar-refractivity contribution in [2.45, 2.75) is 18.5 Å². The standard InChI is InChI=1S/C19H15Cl2N3O3/c1-23-17(26)14-6-5-12(21)10-15(14)24-16(25)7-8-19(23,24)18(27)22-13-4-2-3-11(20)9-13/h2-6,9-10H,7-8H2,1H3,(H,22,27)/t19-/m0/s1. The fraction of sp³-hybridized carbons (Fsp3) is 0.211. The zero-order valence-corrected chi connectivity index (χ0v) is 15.8. The number of hydrogen-bond donors (Lipinski definition) is 1. The fourth-order valence-corrected chi connectivity index (χ4v) is 4.10. The molecule has 138 valence electrons. The maximum Gasteiger partial charge on any atom is 0.271 e. The minimum Gasteiger partial charge on any atom is -0.322 e. The van der Waals surface area contributed by atoms with Gasteiger partial charge in [-0.1, -0.05) is 29.3 Å². The van der Waals surface area contributed by atoms with Crippen LogP contribution in [-0.4, -0.2) is 35.3 Å². The first kappa shape index (κ1) is 17.8. The molecule has 0 spiro atoms. The minimum absolute atomic E-state index is 0.145. The van der Waals surface area contributed by atoms with E-state index >= 15 is 0 Å². The average molecular weight is 404 g/mol. The van der Waals surface area contributed by atoms with E-state index in [2.05, 4.69) is 5.32 Å². The molecule has 2 heterocycles. The number of nitrogens with zero attached hydrogens (tertiary/aromatic N) is 2. The van der Waals surface area contributed by atoms with Crippen LogP contribution in [0.2, 0.25) is 10.0 Å². The number of anilines is 2. The number of benzene rings is 2. The molecule has 0 aliphatic carbocycles. The van der Waals surface area contributed by atoms with Crippen molar-refractivity contribution in [3.63, 3.8) is 0 Å². The molecule has 0 aromatic heterocycles. The Labute approximate surface area is 165 Å². The van der Waals surface area contributed by atoms with E-state index in [1.807, 2.05) is 0 Å². The molecular formula is C19H15Cl2N3O3. The Kier molecular flexibility index (Phi) is 4.13. The van der Waals surface area contributed by atoms with Gasteiger partial charge in [-0.15, -0.1) is 0 Å². The molecule has 6 nitrogen and oxygen atoms in total. The van der Waals surface area contributed by atoms with Gasteiger partial charge in [0.15, 0.2) is 0 Å². The summed E-state index contributed by atoms with van der Waals surface area (Å²) in [5, 5.41) is 3.64. The van der Waals surface area contributed by atoms with Crippen LogP contribution < -0.4 is 10.2 Å². The summed E-state index contributed by atoms with van der Waals surface area (Å²) in [6.45, 7) is 0. The summed E-state index contributed by atoms with van der Waals surface area (Å²) in [4.78, 5) is 41.6. The third-order valence-corrected chi connectivity index (χ3v) is 5.51. The van der Waals surface area contributed by atoms with Crippen LogP contribution in [0.15, 0.2) is 42.5 Å². The van der Waals surface area contributed by atoms with E-state index in [9.17, 15) is 14.4 Å². The average Bonchev–Trinajstić information content (AvgIpc) is 2.98. The smallest absolute Gasteiger partial charge is 0.271 e. The molecule has 2 aliphatic heterocycles. The minimum atomic E-state index is -1.45. The third kappa shape index (κ3) is 2.59. The second-order valence-electron chi connectivity index (χ2n) is 6.54. The number of hydrogen-bond acceptors (Lipinski definition) is 3. The Hall–Kier alpha value is -2.57. The van der Waals surface area contributed by atoms with Crippen molar-refractivity contribution in [3.8, 4) is 0 Å². The van der Waals surface area contributed by atoms with Crippen molar-refractivity contribution in [2.24, 2.45) is 0 Å². The Morgan fingerprint density at radius 2 is 1.85 bits per heavy atom. The van der Waals surface area contributed by atoms with Gasteiger partial charge in [-0.25, -0.2) is 0 Å². The highest BCUT2D eigenvalue weighted by Gasteiger charge is 2.59. The number of amides is 3. The predicted octanol–water partition coefficient (Wildman–Crippen LogP) is 3.54. The number of rotatable bonds is 2. The Morgan fingerprint density at radius 1 is 1.11 bits per heavy atom. The number of likely N-dealkylation sites (N-methyl/N-ethyl adjacent to an activating group) is 1. The highest BCUT2D eigenvalue weighted by atomic mass is 35.5. The number of halogens is 2. The Morgan fingerprint density at radius 3 is 2.59 bits per heavy atom. The lowest BCUT2D eigenvalue weighted by Crippen LogP contribution is -2.68. The van der Waals surface area contributed by atoms with Gasteiger partial charge in [0.05, 0.1) is 11.3 Å². The first-order valence-corrected chi connectivity index (χ1v) is 9.08. The van der Waals surface area contributed by atoms with Gasteiger partial charge in [0, 0.05) is 35.6 Å². The van der Waals surface area contributed by atoms with Crippen molar-refractivity contribution in [1.29, 1.82) is 0 Å². The second kappa shape index (κ2) is 6.25. The van der Waals surface area contributed by atoms with Crippen LogP contribution in [0.5, 0.6) is 0 Å².